The lowest BCUT2D eigenvalue weighted by molar-refractivity contribution is -0.118. The summed E-state index contributed by atoms with van der Waals surface area (Å²) in [5.41, 5.74) is 2.77. The number of aromatic hydroxyl groups is 1. The zero-order valence-corrected chi connectivity index (χ0v) is 11.8. The van der Waals surface area contributed by atoms with Crippen molar-refractivity contribution in [3.05, 3.63) is 59.7 Å². The van der Waals surface area contributed by atoms with Crippen molar-refractivity contribution in [1.82, 2.24) is 0 Å². The molecule has 20 heavy (non-hydrogen) atoms. The zero-order chi connectivity index (χ0) is 14.5. The van der Waals surface area contributed by atoms with E-state index < -0.39 is 0 Å². The summed E-state index contributed by atoms with van der Waals surface area (Å²) in [4.78, 5) is 11.7. The SMILES string of the molecule is CC(C)C(=O)Nc1cc(O)cc(Cc2ccccc2)c1. The van der Waals surface area contributed by atoms with Crippen LogP contribution in [0, 0.1) is 5.92 Å². The first-order valence-electron chi connectivity index (χ1n) is 6.72. The lowest BCUT2D eigenvalue weighted by atomic mass is 10.0. The normalized spacial score (nSPS) is 10.6. The van der Waals surface area contributed by atoms with Gasteiger partial charge < -0.3 is 10.4 Å². The molecule has 0 unspecified atom stereocenters. The minimum atomic E-state index is -0.0880. The van der Waals surface area contributed by atoms with Crippen LogP contribution < -0.4 is 5.32 Å². The third kappa shape index (κ3) is 3.85. The number of amides is 1. The Morgan fingerprint density at radius 3 is 2.45 bits per heavy atom. The second-order valence-electron chi connectivity index (χ2n) is 5.19. The molecule has 0 aliphatic heterocycles. The molecule has 3 nitrogen and oxygen atoms in total. The Kier molecular flexibility index (Phi) is 4.41. The van der Waals surface area contributed by atoms with Gasteiger partial charge in [0.1, 0.15) is 5.75 Å². The first kappa shape index (κ1) is 14.1. The van der Waals surface area contributed by atoms with Gasteiger partial charge in [-0.05, 0) is 29.7 Å². The number of rotatable bonds is 4. The molecular weight excluding hydrogens is 250 g/mol. The van der Waals surface area contributed by atoms with Crippen molar-refractivity contribution in [3.63, 3.8) is 0 Å². The number of nitrogens with one attached hydrogen (secondary N) is 1. The van der Waals surface area contributed by atoms with Crippen molar-refractivity contribution in [2.75, 3.05) is 5.32 Å². The molecule has 2 aromatic rings. The number of hydrogen-bond acceptors (Lipinski definition) is 2. The largest absolute Gasteiger partial charge is 0.508 e. The van der Waals surface area contributed by atoms with Crippen LogP contribution in [0.1, 0.15) is 25.0 Å². The number of carbonyl (C=O) groups is 1. The summed E-state index contributed by atoms with van der Waals surface area (Å²) in [6, 6.07) is 15.2. The maximum Gasteiger partial charge on any atom is 0.226 e. The molecule has 104 valence electrons. The van der Waals surface area contributed by atoms with Gasteiger partial charge >= 0.3 is 0 Å². The van der Waals surface area contributed by atoms with Crippen molar-refractivity contribution in [2.45, 2.75) is 20.3 Å². The van der Waals surface area contributed by atoms with E-state index in [4.69, 9.17) is 0 Å². The zero-order valence-electron chi connectivity index (χ0n) is 11.8. The average Bonchev–Trinajstić information content (AvgIpc) is 2.39. The van der Waals surface area contributed by atoms with E-state index in [1.807, 2.05) is 50.2 Å². The number of benzene rings is 2. The molecule has 1 amide bonds. The van der Waals surface area contributed by atoms with E-state index in [0.29, 0.717) is 5.69 Å². The monoisotopic (exact) mass is 269 g/mol. The Morgan fingerprint density at radius 2 is 1.80 bits per heavy atom. The summed E-state index contributed by atoms with van der Waals surface area (Å²) in [7, 11) is 0. The van der Waals surface area contributed by atoms with E-state index in [-0.39, 0.29) is 17.6 Å². The third-order valence-electron chi connectivity index (χ3n) is 3.02. The Labute approximate surface area is 119 Å². The molecule has 0 heterocycles. The van der Waals surface area contributed by atoms with Crippen LogP contribution in [0.25, 0.3) is 0 Å². The topological polar surface area (TPSA) is 49.3 Å². The molecular formula is C17H19NO2. The van der Waals surface area contributed by atoms with Gasteiger partial charge in [-0.1, -0.05) is 44.2 Å². The molecule has 0 spiro atoms. The lowest BCUT2D eigenvalue weighted by Crippen LogP contribution is -2.17. The van der Waals surface area contributed by atoms with Crippen molar-refractivity contribution in [3.8, 4) is 5.75 Å². The average molecular weight is 269 g/mol. The summed E-state index contributed by atoms with van der Waals surface area (Å²) in [5, 5.41) is 12.6. The highest BCUT2D eigenvalue weighted by atomic mass is 16.3. The maximum absolute atomic E-state index is 11.7. The van der Waals surface area contributed by atoms with Crippen LogP contribution in [0.5, 0.6) is 5.75 Å². The Bertz CT molecular complexity index is 591. The molecule has 0 saturated carbocycles. The van der Waals surface area contributed by atoms with Gasteiger partial charge in [-0.15, -0.1) is 0 Å². The van der Waals surface area contributed by atoms with Gasteiger partial charge in [0.2, 0.25) is 5.91 Å². The van der Waals surface area contributed by atoms with Gasteiger partial charge in [-0.25, -0.2) is 0 Å². The molecule has 0 aliphatic carbocycles. The fourth-order valence-electron chi connectivity index (χ4n) is 1.97. The molecule has 0 saturated heterocycles. The number of anilines is 1. The molecule has 0 fully saturated rings. The highest BCUT2D eigenvalue weighted by Gasteiger charge is 2.08. The minimum Gasteiger partial charge on any atom is -0.508 e. The quantitative estimate of drug-likeness (QED) is 0.891. The van der Waals surface area contributed by atoms with E-state index in [1.54, 1.807) is 12.1 Å². The summed E-state index contributed by atoms with van der Waals surface area (Å²) in [5.74, 6) is 0.0219. The molecule has 0 bridgehead atoms. The second kappa shape index (κ2) is 6.24. The van der Waals surface area contributed by atoms with Crippen LogP contribution in [-0.4, -0.2) is 11.0 Å². The molecule has 0 atom stereocenters. The van der Waals surface area contributed by atoms with Gasteiger partial charge in [0.25, 0.3) is 0 Å². The molecule has 0 radical (unpaired) electrons. The third-order valence-corrected chi connectivity index (χ3v) is 3.02. The van der Waals surface area contributed by atoms with E-state index in [1.165, 1.54) is 5.56 Å². The molecule has 0 aliphatic rings. The first-order chi connectivity index (χ1) is 9.54. The van der Waals surface area contributed by atoms with Gasteiger partial charge in [-0.3, -0.25) is 4.79 Å². The van der Waals surface area contributed by atoms with Gasteiger partial charge in [-0.2, -0.15) is 0 Å². The Hall–Kier alpha value is -2.29. The fourth-order valence-corrected chi connectivity index (χ4v) is 1.97. The van der Waals surface area contributed by atoms with Crippen LogP contribution in [-0.2, 0) is 11.2 Å². The molecule has 2 N–H and O–H groups in total. The van der Waals surface area contributed by atoms with Crippen molar-refractivity contribution in [1.29, 1.82) is 0 Å². The predicted octanol–water partition coefficient (Wildman–Crippen LogP) is 3.58. The van der Waals surface area contributed by atoms with Crippen molar-refractivity contribution >= 4 is 11.6 Å². The van der Waals surface area contributed by atoms with E-state index in [9.17, 15) is 9.90 Å². The summed E-state index contributed by atoms with van der Waals surface area (Å²) >= 11 is 0. The maximum atomic E-state index is 11.7. The number of phenolic OH excluding ortho intramolecular Hbond substituents is 1. The highest BCUT2D eigenvalue weighted by Crippen LogP contribution is 2.22. The molecule has 0 aromatic heterocycles. The van der Waals surface area contributed by atoms with E-state index in [0.717, 1.165) is 12.0 Å². The highest BCUT2D eigenvalue weighted by molar-refractivity contribution is 5.92. The second-order valence-corrected chi connectivity index (χ2v) is 5.19. The number of hydrogen-bond donors (Lipinski definition) is 2. The standard InChI is InChI=1S/C17H19NO2/c1-12(2)17(20)18-15-9-14(10-16(19)11-15)8-13-6-4-3-5-7-13/h3-7,9-12,19H,8H2,1-2H3,(H,18,20). The van der Waals surface area contributed by atoms with Crippen LogP contribution in [0.2, 0.25) is 0 Å². The summed E-state index contributed by atoms with van der Waals surface area (Å²) in [6.07, 6.45) is 0.722. The number of phenols is 1. The number of carbonyl (C=O) groups excluding carboxylic acids is 1. The molecule has 3 heteroatoms. The van der Waals surface area contributed by atoms with Crippen LogP contribution >= 0.6 is 0 Å². The van der Waals surface area contributed by atoms with Gasteiger partial charge in [0.15, 0.2) is 0 Å². The van der Waals surface area contributed by atoms with Gasteiger partial charge in [0.05, 0.1) is 0 Å². The smallest absolute Gasteiger partial charge is 0.226 e. The summed E-state index contributed by atoms with van der Waals surface area (Å²) < 4.78 is 0. The van der Waals surface area contributed by atoms with E-state index >= 15 is 0 Å². The van der Waals surface area contributed by atoms with Crippen LogP contribution in [0.15, 0.2) is 48.5 Å². The van der Waals surface area contributed by atoms with Crippen molar-refractivity contribution in [2.24, 2.45) is 5.92 Å². The summed E-state index contributed by atoms with van der Waals surface area (Å²) in [6.45, 7) is 3.67. The molecule has 2 rings (SSSR count). The first-order valence-corrected chi connectivity index (χ1v) is 6.72. The fraction of sp³-hybridized carbons (Fsp3) is 0.235. The van der Waals surface area contributed by atoms with Crippen LogP contribution in [0.3, 0.4) is 0 Å². The minimum absolute atomic E-state index is 0.0544. The lowest BCUT2D eigenvalue weighted by Gasteiger charge is -2.10. The molecule has 2 aromatic carbocycles. The van der Waals surface area contributed by atoms with Crippen LogP contribution in [0.4, 0.5) is 5.69 Å². The predicted molar refractivity (Wildman–Crippen MR) is 80.8 cm³/mol. The van der Waals surface area contributed by atoms with E-state index in [2.05, 4.69) is 5.32 Å². The van der Waals surface area contributed by atoms with Crippen molar-refractivity contribution < 1.29 is 9.90 Å². The van der Waals surface area contributed by atoms with Gasteiger partial charge in [0, 0.05) is 17.7 Å². The Morgan fingerprint density at radius 1 is 1.10 bits per heavy atom. The Balaban J connectivity index is 2.18.